The third-order valence-corrected chi connectivity index (χ3v) is 3.87. The molecule has 120 valence electrons. The van der Waals surface area contributed by atoms with Crippen molar-refractivity contribution in [1.29, 1.82) is 0 Å². The number of carboxylic acids is 1. The Kier molecular flexibility index (Phi) is 3.73. The molecule has 1 atom stereocenters. The van der Waals surface area contributed by atoms with Gasteiger partial charge >= 0.3 is 5.97 Å². The second-order valence-corrected chi connectivity index (χ2v) is 5.53. The molecule has 1 amide bonds. The first-order valence-corrected chi connectivity index (χ1v) is 7.23. The van der Waals surface area contributed by atoms with E-state index in [9.17, 15) is 14.4 Å². The molecule has 3 N–H and O–H groups in total. The van der Waals surface area contributed by atoms with Gasteiger partial charge in [-0.3, -0.25) is 9.59 Å². The summed E-state index contributed by atoms with van der Waals surface area (Å²) in [6.07, 6.45) is 1.99. The van der Waals surface area contributed by atoms with Crippen LogP contribution in [-0.2, 0) is 4.79 Å². The molecule has 2 aromatic heterocycles. The van der Waals surface area contributed by atoms with E-state index in [2.05, 4.69) is 15.3 Å². The van der Waals surface area contributed by atoms with Gasteiger partial charge in [0, 0.05) is 32.3 Å². The number of aromatic nitrogens is 2. The van der Waals surface area contributed by atoms with Gasteiger partial charge in [0.2, 0.25) is 11.3 Å². The van der Waals surface area contributed by atoms with Crippen LogP contribution in [0.15, 0.2) is 23.1 Å². The summed E-state index contributed by atoms with van der Waals surface area (Å²) in [5.74, 6) is -0.646. The quantitative estimate of drug-likeness (QED) is 0.752. The number of nitrogens with zero attached hydrogens (tertiary/aromatic N) is 2. The Labute approximate surface area is 131 Å². The standard InChI is InChI=1S/C15H16N4O4/c1-8(20)17-9-4-5-19(7-9)12-3-2-10-13(21)11(15(22)23)6-16-14(10)18-12/h2-3,6,9H,4-5,7H2,1H3,(H,17,20)(H,22,23)(H,16,18,21). The van der Waals surface area contributed by atoms with E-state index >= 15 is 0 Å². The molecule has 3 heterocycles. The number of carboxylic acid groups (broad SMARTS) is 1. The van der Waals surface area contributed by atoms with Crippen LogP contribution < -0.4 is 15.6 Å². The number of pyridine rings is 2. The van der Waals surface area contributed by atoms with E-state index in [1.807, 2.05) is 4.90 Å². The molecule has 0 saturated carbocycles. The topological polar surface area (TPSA) is 115 Å². The van der Waals surface area contributed by atoms with Gasteiger partial charge in [0.1, 0.15) is 17.0 Å². The molecule has 3 rings (SSSR count). The predicted molar refractivity (Wildman–Crippen MR) is 83.8 cm³/mol. The highest BCUT2D eigenvalue weighted by Gasteiger charge is 2.24. The lowest BCUT2D eigenvalue weighted by atomic mass is 10.2. The number of fused-ring (bicyclic) bond motifs is 1. The maximum Gasteiger partial charge on any atom is 0.341 e. The molecule has 1 unspecified atom stereocenters. The molecule has 0 spiro atoms. The number of carbonyl (C=O) groups is 2. The van der Waals surface area contributed by atoms with Crippen LogP contribution >= 0.6 is 0 Å². The Morgan fingerprint density at radius 2 is 2.22 bits per heavy atom. The van der Waals surface area contributed by atoms with E-state index < -0.39 is 11.4 Å². The highest BCUT2D eigenvalue weighted by molar-refractivity contribution is 5.91. The smallest absolute Gasteiger partial charge is 0.341 e. The number of hydrogen-bond donors (Lipinski definition) is 3. The van der Waals surface area contributed by atoms with Crippen LogP contribution in [0.4, 0.5) is 5.82 Å². The molecule has 0 bridgehead atoms. The van der Waals surface area contributed by atoms with Gasteiger partial charge in [0.15, 0.2) is 0 Å². The fourth-order valence-corrected chi connectivity index (χ4v) is 2.80. The predicted octanol–water partition coefficient (Wildman–Crippen LogP) is 0.336. The number of anilines is 1. The number of H-pyrrole nitrogens is 1. The van der Waals surface area contributed by atoms with E-state index in [1.54, 1.807) is 12.1 Å². The lowest BCUT2D eigenvalue weighted by Gasteiger charge is -2.18. The van der Waals surface area contributed by atoms with Crippen molar-refractivity contribution in [3.63, 3.8) is 0 Å². The van der Waals surface area contributed by atoms with Crippen molar-refractivity contribution in [2.75, 3.05) is 18.0 Å². The maximum atomic E-state index is 12.1. The number of rotatable bonds is 3. The largest absolute Gasteiger partial charge is 0.477 e. The summed E-state index contributed by atoms with van der Waals surface area (Å²) >= 11 is 0. The molecular weight excluding hydrogens is 300 g/mol. The van der Waals surface area contributed by atoms with Gasteiger partial charge in [-0.15, -0.1) is 0 Å². The third kappa shape index (κ3) is 2.87. The fraction of sp³-hybridized carbons (Fsp3) is 0.333. The van der Waals surface area contributed by atoms with Crippen molar-refractivity contribution in [3.8, 4) is 0 Å². The van der Waals surface area contributed by atoms with Gasteiger partial charge < -0.3 is 20.3 Å². The molecule has 0 radical (unpaired) electrons. The molecule has 0 aliphatic carbocycles. The van der Waals surface area contributed by atoms with E-state index in [-0.39, 0.29) is 22.9 Å². The minimum Gasteiger partial charge on any atom is -0.477 e. The van der Waals surface area contributed by atoms with Crippen molar-refractivity contribution in [1.82, 2.24) is 15.3 Å². The van der Waals surface area contributed by atoms with E-state index in [1.165, 1.54) is 6.92 Å². The lowest BCUT2D eigenvalue weighted by molar-refractivity contribution is -0.119. The molecule has 0 aromatic carbocycles. The summed E-state index contributed by atoms with van der Waals surface area (Å²) in [6, 6.07) is 3.35. The van der Waals surface area contributed by atoms with E-state index in [0.717, 1.165) is 19.2 Å². The second-order valence-electron chi connectivity index (χ2n) is 5.53. The SMILES string of the molecule is CC(=O)NC1CCN(c2ccc3c(=O)c(C(=O)O)c[nH]c3n2)C1. The number of nitrogens with one attached hydrogen (secondary N) is 2. The van der Waals surface area contributed by atoms with E-state index in [0.29, 0.717) is 18.0 Å². The number of carbonyl (C=O) groups excluding carboxylic acids is 1. The Morgan fingerprint density at radius 1 is 1.43 bits per heavy atom. The minimum atomic E-state index is -1.27. The van der Waals surface area contributed by atoms with Crippen LogP contribution in [0.2, 0.25) is 0 Å². The normalized spacial score (nSPS) is 17.4. The zero-order chi connectivity index (χ0) is 16.6. The van der Waals surface area contributed by atoms with Crippen LogP contribution in [0, 0.1) is 0 Å². The number of aromatic amines is 1. The van der Waals surface area contributed by atoms with Gasteiger partial charge in [-0.05, 0) is 18.6 Å². The monoisotopic (exact) mass is 316 g/mol. The summed E-state index contributed by atoms with van der Waals surface area (Å²) in [5, 5.41) is 12.1. The first kappa shape index (κ1) is 15.0. The van der Waals surface area contributed by atoms with Crippen molar-refractivity contribution in [2.24, 2.45) is 0 Å². The van der Waals surface area contributed by atoms with Crippen molar-refractivity contribution in [2.45, 2.75) is 19.4 Å². The fourth-order valence-electron chi connectivity index (χ4n) is 2.80. The lowest BCUT2D eigenvalue weighted by Crippen LogP contribution is -2.35. The molecule has 23 heavy (non-hydrogen) atoms. The van der Waals surface area contributed by atoms with Gasteiger partial charge in [0.25, 0.3) is 0 Å². The highest BCUT2D eigenvalue weighted by Crippen LogP contribution is 2.20. The molecule has 8 nitrogen and oxygen atoms in total. The van der Waals surface area contributed by atoms with Crippen molar-refractivity contribution >= 4 is 28.7 Å². The van der Waals surface area contributed by atoms with Crippen LogP contribution in [0.3, 0.4) is 0 Å². The molecule has 1 aliphatic rings. The second kappa shape index (κ2) is 5.71. The first-order valence-electron chi connectivity index (χ1n) is 7.23. The Balaban J connectivity index is 1.90. The third-order valence-electron chi connectivity index (χ3n) is 3.87. The number of hydrogen-bond acceptors (Lipinski definition) is 5. The van der Waals surface area contributed by atoms with Gasteiger partial charge in [-0.1, -0.05) is 0 Å². The van der Waals surface area contributed by atoms with Gasteiger partial charge in [0.05, 0.1) is 5.39 Å². The van der Waals surface area contributed by atoms with Crippen molar-refractivity contribution in [3.05, 3.63) is 34.1 Å². The van der Waals surface area contributed by atoms with Crippen LogP contribution in [0.25, 0.3) is 11.0 Å². The summed E-state index contributed by atoms with van der Waals surface area (Å²) < 4.78 is 0. The average molecular weight is 316 g/mol. The maximum absolute atomic E-state index is 12.1. The average Bonchev–Trinajstić information content (AvgIpc) is 2.94. The molecule has 2 aromatic rings. The Morgan fingerprint density at radius 3 is 2.91 bits per heavy atom. The molecular formula is C15H16N4O4. The zero-order valence-electron chi connectivity index (χ0n) is 12.5. The molecule has 1 aliphatic heterocycles. The summed E-state index contributed by atoms with van der Waals surface area (Å²) in [6.45, 7) is 2.89. The molecule has 1 saturated heterocycles. The highest BCUT2D eigenvalue weighted by atomic mass is 16.4. The van der Waals surface area contributed by atoms with E-state index in [4.69, 9.17) is 5.11 Å². The number of aromatic carboxylic acids is 1. The van der Waals surface area contributed by atoms with Crippen LogP contribution in [0.5, 0.6) is 0 Å². The van der Waals surface area contributed by atoms with Gasteiger partial charge in [-0.25, -0.2) is 9.78 Å². The summed E-state index contributed by atoms with van der Waals surface area (Å²) in [7, 11) is 0. The zero-order valence-corrected chi connectivity index (χ0v) is 12.5. The van der Waals surface area contributed by atoms with Crippen LogP contribution in [-0.4, -0.2) is 46.1 Å². The Bertz CT molecular complexity index is 845. The molecule has 8 heteroatoms. The summed E-state index contributed by atoms with van der Waals surface area (Å²) in [5.41, 5.74) is -0.512. The Hall–Kier alpha value is -2.90. The number of amides is 1. The van der Waals surface area contributed by atoms with Gasteiger partial charge in [-0.2, -0.15) is 0 Å². The van der Waals surface area contributed by atoms with Crippen molar-refractivity contribution < 1.29 is 14.7 Å². The summed E-state index contributed by atoms with van der Waals surface area (Å²) in [4.78, 5) is 43.3. The first-order chi connectivity index (χ1) is 11.0. The minimum absolute atomic E-state index is 0.0612. The molecule has 1 fully saturated rings. The van der Waals surface area contributed by atoms with Crippen LogP contribution in [0.1, 0.15) is 23.7 Å².